The monoisotopic (exact) mass is 542 g/mol. The molecule has 0 aromatic heterocycles. The molecule has 3 aliphatic rings. The minimum atomic E-state index is -0.996. The molecule has 0 radical (unpaired) electrons. The molecular weight excluding hydrogens is 511 g/mol. The first kappa shape index (κ1) is 29.6. The minimum absolute atomic E-state index is 0. The number of ether oxygens (including phenoxy) is 4. The van der Waals surface area contributed by atoms with E-state index in [0.717, 1.165) is 30.5 Å². The maximum absolute atomic E-state index is 12.8. The molecule has 0 amide bonds. The molecule has 0 saturated carbocycles. The summed E-state index contributed by atoms with van der Waals surface area (Å²) in [6.07, 6.45) is 4.69. The van der Waals surface area contributed by atoms with E-state index < -0.39 is 30.2 Å². The van der Waals surface area contributed by atoms with Gasteiger partial charge >= 0.3 is 17.9 Å². The molecule has 1 unspecified atom stereocenters. The number of rotatable bonds is 8. The van der Waals surface area contributed by atoms with E-state index in [1.54, 1.807) is 0 Å². The third-order valence-corrected chi connectivity index (χ3v) is 6.50. The highest BCUT2D eigenvalue weighted by Gasteiger charge is 2.46. The highest BCUT2D eigenvalue weighted by Crippen LogP contribution is 2.44. The molecule has 9 nitrogen and oxygen atoms in total. The van der Waals surface area contributed by atoms with Gasteiger partial charge in [-0.1, -0.05) is 36.4 Å². The van der Waals surface area contributed by atoms with Crippen molar-refractivity contribution in [2.75, 3.05) is 20.3 Å². The second-order valence-electron chi connectivity index (χ2n) is 8.71. The van der Waals surface area contributed by atoms with Crippen LogP contribution < -0.4 is 35.9 Å². The van der Waals surface area contributed by atoms with Gasteiger partial charge in [0.05, 0.1) is 24.9 Å². The Morgan fingerprint density at radius 1 is 1.22 bits per heavy atom. The van der Waals surface area contributed by atoms with Crippen molar-refractivity contribution in [1.82, 2.24) is 5.32 Å². The van der Waals surface area contributed by atoms with Crippen molar-refractivity contribution in [3.63, 3.8) is 0 Å². The molecule has 2 heterocycles. The maximum Gasteiger partial charge on any atom is 0.337 e. The van der Waals surface area contributed by atoms with E-state index in [-0.39, 0.29) is 50.8 Å². The van der Waals surface area contributed by atoms with Crippen molar-refractivity contribution in [2.24, 2.45) is 17.6 Å². The van der Waals surface area contributed by atoms with Crippen LogP contribution in [0.2, 0.25) is 0 Å². The number of benzene rings is 1. The van der Waals surface area contributed by atoms with Crippen LogP contribution in [0.5, 0.6) is 0 Å². The zero-order valence-corrected chi connectivity index (χ0v) is 21.4. The fourth-order valence-corrected chi connectivity index (χ4v) is 4.68. The zero-order chi connectivity index (χ0) is 24.1. The number of hydrogen-bond donors (Lipinski definition) is 2. The first-order valence-electron chi connectivity index (χ1n) is 11.5. The molecule has 4 rings (SSSR count). The largest absolute Gasteiger partial charge is 1.00 e. The van der Waals surface area contributed by atoms with Crippen molar-refractivity contribution in [2.45, 2.75) is 44.1 Å². The molecule has 3 N–H and O–H groups in total. The fraction of sp³-hybridized carbons (Fsp3) is 0.480. The van der Waals surface area contributed by atoms with Gasteiger partial charge in [0.25, 0.3) is 6.29 Å². The average molecular weight is 543 g/mol. The number of esters is 3. The van der Waals surface area contributed by atoms with Crippen LogP contribution in [0.1, 0.15) is 26.3 Å². The first-order chi connectivity index (χ1) is 16.5. The number of allylic oxidation sites excluding steroid dienone is 1. The summed E-state index contributed by atoms with van der Waals surface area (Å²) in [6, 6.07) is 8.22. The number of hydrogen-bond acceptors (Lipinski definition) is 9. The van der Waals surface area contributed by atoms with E-state index in [0.29, 0.717) is 18.4 Å². The van der Waals surface area contributed by atoms with Crippen molar-refractivity contribution in [3.8, 4) is 0 Å². The Hall–Kier alpha value is -2.59. The summed E-state index contributed by atoms with van der Waals surface area (Å²) in [6.45, 7) is 0.815. The molecular formula is C25H32Cl2N2O7-2. The summed E-state index contributed by atoms with van der Waals surface area (Å²) < 4.78 is 21.8. The van der Waals surface area contributed by atoms with E-state index in [2.05, 4.69) is 5.32 Å². The minimum Gasteiger partial charge on any atom is -1.00 e. The third kappa shape index (κ3) is 6.79. The average Bonchev–Trinajstić information content (AvgIpc) is 3.54. The summed E-state index contributed by atoms with van der Waals surface area (Å²) in [5.74, 6) is -2.25. The first-order valence-corrected chi connectivity index (χ1v) is 11.5. The van der Waals surface area contributed by atoms with Gasteiger partial charge in [-0.2, -0.15) is 0 Å². The number of nitrogens with one attached hydrogen (secondary N) is 1. The van der Waals surface area contributed by atoms with Crippen molar-refractivity contribution < 1.29 is 59.6 Å². The van der Waals surface area contributed by atoms with E-state index in [1.165, 1.54) is 13.4 Å². The summed E-state index contributed by atoms with van der Waals surface area (Å²) in [5, 5.41) is 3.11. The summed E-state index contributed by atoms with van der Waals surface area (Å²) in [7, 11) is 1.30. The summed E-state index contributed by atoms with van der Waals surface area (Å²) in [4.78, 5) is 37.4. The van der Waals surface area contributed by atoms with Crippen LogP contribution in [0.3, 0.4) is 0 Å². The van der Waals surface area contributed by atoms with Crippen LogP contribution in [-0.4, -0.2) is 56.5 Å². The Bertz CT molecular complexity index is 987. The highest BCUT2D eigenvalue weighted by molar-refractivity contribution is 5.89. The van der Waals surface area contributed by atoms with Gasteiger partial charge in [-0.05, 0) is 43.4 Å². The Balaban J connectivity index is 0.00000228. The van der Waals surface area contributed by atoms with Gasteiger partial charge < -0.3 is 54.8 Å². The molecule has 2 aliphatic heterocycles. The molecule has 36 heavy (non-hydrogen) atoms. The molecule has 200 valence electrons. The predicted octanol–water partition coefficient (Wildman–Crippen LogP) is -4.38. The van der Waals surface area contributed by atoms with Gasteiger partial charge in [0, 0.05) is 7.34 Å². The Labute approximate surface area is 224 Å². The molecule has 1 aliphatic carbocycles. The molecule has 1 fully saturated rings. The molecule has 1 aromatic carbocycles. The maximum atomic E-state index is 12.8. The van der Waals surface area contributed by atoms with E-state index in [9.17, 15) is 14.4 Å². The summed E-state index contributed by atoms with van der Waals surface area (Å²) in [5.41, 5.74) is 8.09. The van der Waals surface area contributed by atoms with Gasteiger partial charge in [-0.15, -0.1) is 0 Å². The van der Waals surface area contributed by atoms with Crippen molar-refractivity contribution >= 4 is 17.9 Å². The second-order valence-corrected chi connectivity index (χ2v) is 8.71. The van der Waals surface area contributed by atoms with Crippen LogP contribution >= 0.6 is 0 Å². The predicted molar refractivity (Wildman–Crippen MR) is 123 cm³/mol. The van der Waals surface area contributed by atoms with Crippen LogP contribution in [0, 0.1) is 11.8 Å². The highest BCUT2D eigenvalue weighted by atomic mass is 35.5. The topological polar surface area (TPSA) is 126 Å². The number of nitrogens with two attached hydrogens (primary N) is 1. The quantitative estimate of drug-likeness (QED) is 0.190. The molecule has 0 bridgehead atoms. The Morgan fingerprint density at radius 2 is 1.97 bits per heavy atom. The number of halogens is 2. The number of carbonyl (C=O) groups is 3. The van der Waals surface area contributed by atoms with Gasteiger partial charge in [0.1, 0.15) is 18.7 Å². The van der Waals surface area contributed by atoms with Crippen molar-refractivity contribution in [1.29, 1.82) is 0 Å². The fourth-order valence-electron chi connectivity index (χ4n) is 4.68. The van der Waals surface area contributed by atoms with Crippen molar-refractivity contribution in [3.05, 3.63) is 59.4 Å². The standard InChI is InChI=1S/C25H30N2O7.2ClH.H2/c1-31-22(28)18-14-33-25(34-23(29)19(26)12-15-6-3-2-4-7-15)21-16(9-10-17(18)21)13-32-24(30)20-8-5-11-27-20;;;/h2-4,6-7,9,14,17,19-21,25,27H,5,8,10-13,26H2,1H3;3*1H/p-2/t17-,19+,20?,21-,25+;;;/m1.../s1. The Morgan fingerprint density at radius 3 is 2.64 bits per heavy atom. The lowest BCUT2D eigenvalue weighted by Crippen LogP contribution is -3.00. The lowest BCUT2D eigenvalue weighted by Gasteiger charge is -2.34. The van der Waals surface area contributed by atoms with Crippen LogP contribution in [-0.2, 0) is 39.8 Å². The Kier molecular flexibility index (Phi) is 11.2. The van der Waals surface area contributed by atoms with Gasteiger partial charge in [0.15, 0.2) is 0 Å². The van der Waals surface area contributed by atoms with Gasteiger partial charge in [-0.3, -0.25) is 9.59 Å². The van der Waals surface area contributed by atoms with E-state index >= 15 is 0 Å². The third-order valence-electron chi connectivity index (χ3n) is 6.50. The summed E-state index contributed by atoms with van der Waals surface area (Å²) >= 11 is 0. The molecule has 11 heteroatoms. The normalized spacial score (nSPS) is 24.9. The number of methoxy groups -OCH3 is 1. The smallest absolute Gasteiger partial charge is 0.337 e. The molecule has 1 aromatic rings. The van der Waals surface area contributed by atoms with Crippen LogP contribution in [0.25, 0.3) is 0 Å². The van der Waals surface area contributed by atoms with Gasteiger partial charge in [0.2, 0.25) is 0 Å². The van der Waals surface area contributed by atoms with Crippen LogP contribution in [0.4, 0.5) is 0 Å². The number of fused-ring (bicyclic) bond motifs is 1. The molecule has 5 atom stereocenters. The van der Waals surface area contributed by atoms with Gasteiger partial charge in [-0.25, -0.2) is 4.79 Å². The van der Waals surface area contributed by atoms with E-state index in [4.69, 9.17) is 24.7 Å². The molecule has 0 spiro atoms. The van der Waals surface area contributed by atoms with Crippen LogP contribution in [0.15, 0.2) is 53.8 Å². The lowest BCUT2D eigenvalue weighted by molar-refractivity contribution is -0.184. The number of carbonyl (C=O) groups excluding carboxylic acids is 3. The molecule has 1 saturated heterocycles. The van der Waals surface area contributed by atoms with E-state index in [1.807, 2.05) is 36.4 Å². The SMILES string of the molecule is COC(=O)C1=CO[C@@H](OC(=O)[C@@H](N)Cc2ccccc2)[C@@H]2C(COC(=O)C3CCCN3)=CC[C@H]12.[Cl-].[Cl-].[HH]. The lowest BCUT2D eigenvalue weighted by atomic mass is 9.83. The second kappa shape index (κ2) is 13.6. The zero-order valence-electron chi connectivity index (χ0n) is 19.9.